The molecule has 2 aromatic carbocycles. The van der Waals surface area contributed by atoms with Gasteiger partial charge in [0.05, 0.1) is 10.5 Å². The Kier molecular flexibility index (Phi) is 2.53. The molecule has 7 heteroatoms. The Bertz CT molecular complexity index is 783. The Hall–Kier alpha value is -3.09. The minimum atomic E-state index is -0.534. The van der Waals surface area contributed by atoms with Gasteiger partial charge in [0.2, 0.25) is 0 Å². The molecule has 2 aromatic rings. The number of nitrogens with zero attached hydrogens (tertiary/aromatic N) is 3. The Morgan fingerprint density at radius 2 is 2.00 bits per heavy atom. The first kappa shape index (κ1) is 12.0. The fraction of sp³-hybridized carbons (Fsp3) is 0. The highest BCUT2D eigenvalue weighted by atomic mass is 16.6. The van der Waals surface area contributed by atoms with Crippen molar-refractivity contribution in [3.8, 4) is 16.9 Å². The van der Waals surface area contributed by atoms with E-state index in [9.17, 15) is 20.0 Å². The number of benzene rings is 2. The Morgan fingerprint density at radius 1 is 1.20 bits per heavy atom. The molecule has 0 spiro atoms. The molecule has 0 amide bonds. The van der Waals surface area contributed by atoms with Crippen LogP contribution in [0.25, 0.3) is 11.1 Å². The molecular weight excluding hydrogens is 262 g/mol. The normalized spacial score (nSPS) is 11.6. The number of nitro benzene ring substituents is 1. The van der Waals surface area contributed by atoms with Crippen molar-refractivity contribution in [1.29, 1.82) is 0 Å². The summed E-state index contributed by atoms with van der Waals surface area (Å²) < 4.78 is 0. The highest BCUT2D eigenvalue weighted by Gasteiger charge is 2.28. The molecule has 98 valence electrons. The lowest BCUT2D eigenvalue weighted by molar-refractivity contribution is -0.382. The van der Waals surface area contributed by atoms with E-state index in [1.807, 2.05) is 0 Å². The highest BCUT2D eigenvalue weighted by Crippen LogP contribution is 2.49. The number of aldehydes is 1. The van der Waals surface area contributed by atoms with Gasteiger partial charge in [0, 0.05) is 5.56 Å². The van der Waals surface area contributed by atoms with Gasteiger partial charge in [0.1, 0.15) is 5.75 Å². The van der Waals surface area contributed by atoms with Crippen LogP contribution in [-0.4, -0.2) is 16.3 Å². The van der Waals surface area contributed by atoms with Crippen molar-refractivity contribution in [3.63, 3.8) is 0 Å². The number of carbonyl (C=O) groups is 1. The second-order valence-electron chi connectivity index (χ2n) is 4.18. The number of phenolic OH excluding ortho intramolecular Hbond substituents is 1. The summed E-state index contributed by atoms with van der Waals surface area (Å²) in [6.07, 6.45) is 0.531. The number of rotatable bonds is 3. The van der Waals surface area contributed by atoms with Gasteiger partial charge < -0.3 is 5.11 Å². The molecule has 0 aliphatic carbocycles. The van der Waals surface area contributed by atoms with Gasteiger partial charge in [-0.25, -0.2) is 0 Å². The second-order valence-corrected chi connectivity index (χ2v) is 4.18. The molecule has 2 bridgehead atoms. The van der Waals surface area contributed by atoms with Gasteiger partial charge in [-0.1, -0.05) is 6.07 Å². The van der Waals surface area contributed by atoms with Crippen molar-refractivity contribution >= 4 is 23.3 Å². The monoisotopic (exact) mass is 269 g/mol. The van der Waals surface area contributed by atoms with E-state index in [-0.39, 0.29) is 28.4 Å². The zero-order valence-corrected chi connectivity index (χ0v) is 9.98. The van der Waals surface area contributed by atoms with Crippen LogP contribution in [-0.2, 0) is 0 Å². The van der Waals surface area contributed by atoms with Crippen molar-refractivity contribution in [2.45, 2.75) is 0 Å². The number of hydrogen-bond donors (Lipinski definition) is 1. The van der Waals surface area contributed by atoms with E-state index < -0.39 is 4.92 Å². The number of phenols is 1. The zero-order chi connectivity index (χ0) is 14.3. The van der Waals surface area contributed by atoms with E-state index in [0.29, 0.717) is 17.4 Å². The topological polar surface area (TPSA) is 105 Å². The number of azo groups is 1. The molecule has 0 saturated heterocycles. The van der Waals surface area contributed by atoms with Crippen LogP contribution in [0.2, 0.25) is 0 Å². The molecule has 0 saturated carbocycles. The third kappa shape index (κ3) is 1.64. The van der Waals surface area contributed by atoms with Gasteiger partial charge in [0.25, 0.3) is 0 Å². The highest BCUT2D eigenvalue weighted by molar-refractivity contribution is 5.90. The lowest BCUT2D eigenvalue weighted by Gasteiger charge is -2.05. The maximum atomic E-state index is 11.0. The van der Waals surface area contributed by atoms with Crippen molar-refractivity contribution in [2.75, 3.05) is 0 Å². The molecule has 0 atom stereocenters. The maximum absolute atomic E-state index is 11.0. The van der Waals surface area contributed by atoms with Crippen LogP contribution in [0, 0.1) is 10.1 Å². The van der Waals surface area contributed by atoms with E-state index in [0.717, 1.165) is 0 Å². The quantitative estimate of drug-likeness (QED) is 0.446. The fourth-order valence-corrected chi connectivity index (χ4v) is 2.08. The third-order valence-electron chi connectivity index (χ3n) is 3.04. The number of hydrogen-bond acceptors (Lipinski definition) is 6. The standard InChI is InChI=1S/C13H7N3O4/c17-6-8-2-1-7(5-11(8)18)9-3-4-10-13(16(19)20)12(9)15-14-10/h1-6,18H. The first-order chi connectivity index (χ1) is 9.61. The van der Waals surface area contributed by atoms with Crippen molar-refractivity contribution in [3.05, 3.63) is 46.0 Å². The first-order valence-corrected chi connectivity index (χ1v) is 5.63. The van der Waals surface area contributed by atoms with Gasteiger partial charge in [-0.2, -0.15) is 0 Å². The van der Waals surface area contributed by atoms with Gasteiger partial charge in [-0.3, -0.25) is 14.9 Å². The molecule has 0 fully saturated rings. The van der Waals surface area contributed by atoms with Crippen LogP contribution < -0.4 is 0 Å². The minimum Gasteiger partial charge on any atom is -0.507 e. The van der Waals surface area contributed by atoms with E-state index >= 15 is 0 Å². The maximum Gasteiger partial charge on any atom is 0.324 e. The first-order valence-electron chi connectivity index (χ1n) is 5.63. The van der Waals surface area contributed by atoms with Gasteiger partial charge in [-0.15, -0.1) is 10.2 Å². The molecule has 20 heavy (non-hydrogen) atoms. The third-order valence-corrected chi connectivity index (χ3v) is 3.04. The van der Waals surface area contributed by atoms with E-state index in [1.54, 1.807) is 12.1 Å². The summed E-state index contributed by atoms with van der Waals surface area (Å²) in [6, 6.07) is 7.54. The number of carbonyl (C=O) groups excluding carboxylic acids is 1. The van der Waals surface area contributed by atoms with Crippen LogP contribution >= 0.6 is 0 Å². The predicted octanol–water partition coefficient (Wildman–Crippen LogP) is 3.51. The van der Waals surface area contributed by atoms with Crippen LogP contribution in [0.5, 0.6) is 5.75 Å². The molecule has 1 aliphatic rings. The molecule has 1 N–H and O–H groups in total. The molecule has 1 heterocycles. The summed E-state index contributed by atoms with van der Waals surface area (Å²) in [4.78, 5) is 21.2. The number of aromatic hydroxyl groups is 1. The lowest BCUT2D eigenvalue weighted by Crippen LogP contribution is -1.89. The average Bonchev–Trinajstić information content (AvgIpc) is 2.73. The van der Waals surface area contributed by atoms with E-state index in [2.05, 4.69) is 10.2 Å². The van der Waals surface area contributed by atoms with Crippen LogP contribution in [0.1, 0.15) is 10.4 Å². The minimum absolute atomic E-state index is 0.151. The van der Waals surface area contributed by atoms with Gasteiger partial charge in [-0.05, 0) is 29.8 Å². The summed E-state index contributed by atoms with van der Waals surface area (Å²) in [5.74, 6) is -0.189. The van der Waals surface area contributed by atoms with Gasteiger partial charge >= 0.3 is 5.69 Å². The SMILES string of the molecule is O=Cc1ccc(-c2ccc3c([N+](=O)[O-])c2N=N3)cc1O. The molecule has 0 unspecified atom stereocenters. The summed E-state index contributed by atoms with van der Waals surface area (Å²) in [7, 11) is 0. The molecule has 0 aromatic heterocycles. The van der Waals surface area contributed by atoms with Crippen molar-refractivity contribution in [2.24, 2.45) is 10.2 Å². The average molecular weight is 269 g/mol. The smallest absolute Gasteiger partial charge is 0.324 e. The van der Waals surface area contributed by atoms with Crippen LogP contribution in [0.15, 0.2) is 40.6 Å². The lowest BCUT2D eigenvalue weighted by atomic mass is 10.0. The van der Waals surface area contributed by atoms with Crippen molar-refractivity contribution in [1.82, 2.24) is 0 Å². The summed E-state index contributed by atoms with van der Waals surface area (Å²) in [5.41, 5.74) is 1.38. The van der Waals surface area contributed by atoms with E-state index in [4.69, 9.17) is 0 Å². The molecule has 1 aliphatic heterocycles. The Morgan fingerprint density at radius 3 is 2.65 bits per heavy atom. The molecule has 7 nitrogen and oxygen atoms in total. The molecular formula is C13H7N3O4. The van der Waals surface area contributed by atoms with Crippen molar-refractivity contribution < 1.29 is 14.8 Å². The molecule has 0 radical (unpaired) electrons. The van der Waals surface area contributed by atoms with Crippen LogP contribution in [0.3, 0.4) is 0 Å². The Labute approximate surface area is 112 Å². The van der Waals surface area contributed by atoms with Gasteiger partial charge in [0.15, 0.2) is 17.7 Å². The van der Waals surface area contributed by atoms with Crippen LogP contribution in [0.4, 0.5) is 17.1 Å². The van der Waals surface area contributed by atoms with E-state index in [1.165, 1.54) is 18.2 Å². The number of nitro groups is 1. The second kappa shape index (κ2) is 4.23. The Balaban J connectivity index is 2.20. The summed E-state index contributed by atoms with van der Waals surface area (Å²) in [6.45, 7) is 0. The largest absolute Gasteiger partial charge is 0.507 e. The predicted molar refractivity (Wildman–Crippen MR) is 69.8 cm³/mol. The molecule has 3 rings (SSSR count). The zero-order valence-electron chi connectivity index (χ0n) is 9.98. The fourth-order valence-electron chi connectivity index (χ4n) is 2.08. The number of fused-ring (bicyclic) bond motifs is 2. The summed E-state index contributed by atoms with van der Waals surface area (Å²) in [5, 5.41) is 28.2. The summed E-state index contributed by atoms with van der Waals surface area (Å²) >= 11 is 0.